The van der Waals surface area contributed by atoms with E-state index in [1.54, 1.807) is 31.2 Å². The number of hydrogen-bond donors (Lipinski definition) is 1. The highest BCUT2D eigenvalue weighted by Crippen LogP contribution is 2.17. The van der Waals surface area contributed by atoms with E-state index in [4.69, 9.17) is 21.6 Å². The highest BCUT2D eigenvalue weighted by Gasteiger charge is 2.15. The molecule has 1 unspecified atom stereocenters. The van der Waals surface area contributed by atoms with E-state index in [9.17, 15) is 8.42 Å². The third-order valence-electron chi connectivity index (χ3n) is 2.20. The number of halogens is 1. The van der Waals surface area contributed by atoms with Crippen LogP contribution >= 0.6 is 11.6 Å². The summed E-state index contributed by atoms with van der Waals surface area (Å²) in [6.45, 7) is 1.73. The first-order valence-corrected chi connectivity index (χ1v) is 7.82. The maximum absolute atomic E-state index is 11.8. The summed E-state index contributed by atoms with van der Waals surface area (Å²) < 4.78 is 31.1. The van der Waals surface area contributed by atoms with Crippen molar-refractivity contribution in [2.45, 2.75) is 6.92 Å². The number of nitriles is 1. The molecule has 0 aliphatic carbocycles. The van der Waals surface area contributed by atoms with Crippen LogP contribution in [0.25, 0.3) is 0 Å². The van der Waals surface area contributed by atoms with E-state index in [0.717, 1.165) is 0 Å². The predicted molar refractivity (Wildman–Crippen MR) is 74.8 cm³/mol. The molecule has 0 amide bonds. The predicted octanol–water partition coefficient (Wildman–Crippen LogP) is 2.21. The average molecular weight is 303 g/mol. The summed E-state index contributed by atoms with van der Waals surface area (Å²) in [5.41, 5.74) is 0.450. The van der Waals surface area contributed by atoms with Crippen LogP contribution in [0.5, 0.6) is 5.75 Å². The minimum absolute atomic E-state index is 0.0246. The molecule has 1 rings (SSSR count). The van der Waals surface area contributed by atoms with E-state index in [0.29, 0.717) is 17.3 Å². The van der Waals surface area contributed by atoms with E-state index in [1.165, 1.54) is 0 Å². The lowest BCUT2D eigenvalue weighted by molar-refractivity contribution is 0.368. The Morgan fingerprint density at radius 3 is 2.58 bits per heavy atom. The van der Waals surface area contributed by atoms with Crippen LogP contribution < -0.4 is 9.46 Å². The molecule has 0 aliphatic heterocycles. The van der Waals surface area contributed by atoms with Gasteiger partial charge in [0.1, 0.15) is 11.8 Å². The summed E-state index contributed by atoms with van der Waals surface area (Å²) in [5, 5.41) is 8.36. The Bertz CT molecular complexity index is 537. The second-order valence-corrected chi connectivity index (χ2v) is 6.19. The Labute approximate surface area is 118 Å². The Morgan fingerprint density at radius 1 is 1.42 bits per heavy atom. The largest absolute Gasteiger partial charge is 0.479 e. The van der Waals surface area contributed by atoms with E-state index >= 15 is 0 Å². The second-order valence-electron chi connectivity index (χ2n) is 4.11. The van der Waals surface area contributed by atoms with Crippen LogP contribution in [0.3, 0.4) is 0 Å². The van der Waals surface area contributed by atoms with Gasteiger partial charge in [-0.15, -0.1) is 11.6 Å². The maximum Gasteiger partial charge on any atom is 0.233 e. The number of nitrogens with zero attached hydrogens (tertiary/aromatic N) is 1. The molecule has 7 heteroatoms. The van der Waals surface area contributed by atoms with Gasteiger partial charge >= 0.3 is 0 Å². The molecule has 1 aromatic carbocycles. The zero-order chi connectivity index (χ0) is 14.3. The molecular weight excluding hydrogens is 288 g/mol. The van der Waals surface area contributed by atoms with E-state index in [1.807, 2.05) is 6.07 Å². The van der Waals surface area contributed by atoms with E-state index in [2.05, 4.69) is 4.72 Å². The fourth-order valence-corrected chi connectivity index (χ4v) is 3.06. The minimum atomic E-state index is -3.40. The van der Waals surface area contributed by atoms with Crippen molar-refractivity contribution in [1.82, 2.24) is 0 Å². The van der Waals surface area contributed by atoms with E-state index < -0.39 is 10.0 Å². The van der Waals surface area contributed by atoms with Gasteiger partial charge in [0.05, 0.1) is 5.75 Å². The number of ether oxygens (including phenoxy) is 1. The number of hydrogen-bond acceptors (Lipinski definition) is 4. The molecule has 1 atom stereocenters. The summed E-state index contributed by atoms with van der Waals surface area (Å²) in [4.78, 5) is 0. The van der Waals surface area contributed by atoms with Gasteiger partial charge in [-0.25, -0.2) is 8.42 Å². The molecule has 1 aromatic rings. The number of alkyl halides is 1. The third kappa shape index (κ3) is 5.81. The molecule has 0 heterocycles. The standard InChI is InChI=1S/C12H15ClN2O3S/c1-10(8-13)9-19(16,17)15-11-2-4-12(5-3-11)18-7-6-14/h2-5,10,15H,7-9H2,1H3. The number of benzene rings is 1. The zero-order valence-electron chi connectivity index (χ0n) is 10.5. The smallest absolute Gasteiger partial charge is 0.233 e. The van der Waals surface area contributed by atoms with Gasteiger partial charge in [-0.2, -0.15) is 5.26 Å². The first-order chi connectivity index (χ1) is 8.96. The van der Waals surface area contributed by atoms with Crippen LogP contribution in [-0.4, -0.2) is 26.7 Å². The molecule has 1 N–H and O–H groups in total. The summed E-state index contributed by atoms with van der Waals surface area (Å²) >= 11 is 5.60. The lowest BCUT2D eigenvalue weighted by Gasteiger charge is -2.11. The van der Waals surface area contributed by atoms with Gasteiger partial charge in [0, 0.05) is 11.6 Å². The van der Waals surface area contributed by atoms with Crippen molar-refractivity contribution in [3.63, 3.8) is 0 Å². The Kier molecular flexibility index (Phi) is 5.93. The zero-order valence-corrected chi connectivity index (χ0v) is 12.0. The first kappa shape index (κ1) is 15.6. The van der Waals surface area contributed by atoms with Crippen molar-refractivity contribution < 1.29 is 13.2 Å². The monoisotopic (exact) mass is 302 g/mol. The normalized spacial score (nSPS) is 12.5. The van der Waals surface area contributed by atoms with Crippen molar-refractivity contribution in [2.75, 3.05) is 23.0 Å². The number of anilines is 1. The molecule has 19 heavy (non-hydrogen) atoms. The maximum atomic E-state index is 11.8. The minimum Gasteiger partial charge on any atom is -0.479 e. The molecule has 0 radical (unpaired) electrons. The summed E-state index contributed by atoms with van der Waals surface area (Å²) in [6, 6.07) is 8.20. The highest BCUT2D eigenvalue weighted by molar-refractivity contribution is 7.92. The SMILES string of the molecule is CC(CCl)CS(=O)(=O)Nc1ccc(OCC#N)cc1. The molecule has 5 nitrogen and oxygen atoms in total. The van der Waals surface area contributed by atoms with Gasteiger partial charge in [0.15, 0.2) is 6.61 Å². The first-order valence-electron chi connectivity index (χ1n) is 5.63. The molecule has 0 saturated carbocycles. The van der Waals surface area contributed by atoms with Crippen LogP contribution in [-0.2, 0) is 10.0 Å². The highest BCUT2D eigenvalue weighted by atomic mass is 35.5. The Hall–Kier alpha value is -1.45. The van der Waals surface area contributed by atoms with E-state index in [-0.39, 0.29) is 18.3 Å². The molecule has 0 aromatic heterocycles. The number of sulfonamides is 1. The quantitative estimate of drug-likeness (QED) is 0.783. The molecular formula is C12H15ClN2O3S. The number of rotatable bonds is 7. The summed E-state index contributed by atoms with van der Waals surface area (Å²) in [7, 11) is -3.40. The molecule has 0 spiro atoms. The van der Waals surface area contributed by atoms with Crippen LogP contribution in [0.4, 0.5) is 5.69 Å². The van der Waals surface area contributed by atoms with Gasteiger partial charge in [0.25, 0.3) is 0 Å². The van der Waals surface area contributed by atoms with Gasteiger partial charge in [-0.3, -0.25) is 4.72 Å². The molecule has 0 fully saturated rings. The third-order valence-corrected chi connectivity index (χ3v) is 4.28. The average Bonchev–Trinajstić information content (AvgIpc) is 2.37. The van der Waals surface area contributed by atoms with Gasteiger partial charge in [-0.05, 0) is 30.2 Å². The van der Waals surface area contributed by atoms with Gasteiger partial charge < -0.3 is 4.74 Å². The lowest BCUT2D eigenvalue weighted by Crippen LogP contribution is -2.22. The van der Waals surface area contributed by atoms with Crippen LogP contribution in [0.2, 0.25) is 0 Å². The lowest BCUT2D eigenvalue weighted by atomic mass is 10.3. The van der Waals surface area contributed by atoms with Crippen molar-refractivity contribution in [1.29, 1.82) is 5.26 Å². The van der Waals surface area contributed by atoms with Crippen LogP contribution in [0, 0.1) is 17.2 Å². The van der Waals surface area contributed by atoms with Crippen molar-refractivity contribution in [3.8, 4) is 11.8 Å². The fraction of sp³-hybridized carbons (Fsp3) is 0.417. The van der Waals surface area contributed by atoms with Crippen molar-refractivity contribution >= 4 is 27.3 Å². The topological polar surface area (TPSA) is 79.2 Å². The van der Waals surface area contributed by atoms with Gasteiger partial charge in [0.2, 0.25) is 10.0 Å². The summed E-state index contributed by atoms with van der Waals surface area (Å²) in [5.74, 6) is 0.668. The molecule has 0 bridgehead atoms. The van der Waals surface area contributed by atoms with Gasteiger partial charge in [-0.1, -0.05) is 6.92 Å². The Morgan fingerprint density at radius 2 is 2.05 bits per heavy atom. The molecule has 0 aliphatic rings. The molecule has 0 saturated heterocycles. The number of nitrogens with one attached hydrogen (secondary N) is 1. The molecule has 104 valence electrons. The Balaban J connectivity index is 2.65. The van der Waals surface area contributed by atoms with Crippen LogP contribution in [0.15, 0.2) is 24.3 Å². The van der Waals surface area contributed by atoms with Crippen LogP contribution in [0.1, 0.15) is 6.92 Å². The van der Waals surface area contributed by atoms with Crippen molar-refractivity contribution in [2.24, 2.45) is 5.92 Å². The summed E-state index contributed by atoms with van der Waals surface area (Å²) in [6.07, 6.45) is 0. The second kappa shape index (κ2) is 7.22. The fourth-order valence-electron chi connectivity index (χ4n) is 1.38. The van der Waals surface area contributed by atoms with Crippen molar-refractivity contribution in [3.05, 3.63) is 24.3 Å².